The van der Waals surface area contributed by atoms with Crippen molar-refractivity contribution in [3.05, 3.63) is 47.8 Å². The van der Waals surface area contributed by atoms with E-state index in [1.165, 1.54) is 11.8 Å². The average Bonchev–Trinajstić information content (AvgIpc) is 2.83. The first-order chi connectivity index (χ1) is 8.25. The zero-order chi connectivity index (χ0) is 12.1. The van der Waals surface area contributed by atoms with Gasteiger partial charge in [-0.1, -0.05) is 30.3 Å². The molecule has 0 fully saturated rings. The van der Waals surface area contributed by atoms with Crippen molar-refractivity contribution in [3.8, 4) is 0 Å². The summed E-state index contributed by atoms with van der Waals surface area (Å²) in [6, 6.07) is 10.1. The highest BCUT2D eigenvalue weighted by molar-refractivity contribution is 5.91. The highest BCUT2D eigenvalue weighted by Gasteiger charge is 2.12. The number of carbonyl (C=O) groups excluding carboxylic acids is 1. The first-order valence-electron chi connectivity index (χ1n) is 5.46. The maximum atomic E-state index is 11.7. The molecule has 1 aromatic carbocycles. The van der Waals surface area contributed by atoms with Gasteiger partial charge >= 0.3 is 0 Å². The van der Waals surface area contributed by atoms with Crippen LogP contribution in [0.15, 0.2) is 36.5 Å². The number of carbonyl (C=O) groups is 1. The molecule has 5 nitrogen and oxygen atoms in total. The predicted octanol–water partition coefficient (Wildman–Crippen LogP) is 1.17. The van der Waals surface area contributed by atoms with Gasteiger partial charge in [-0.05, 0) is 18.9 Å². The Morgan fingerprint density at radius 2 is 2.18 bits per heavy atom. The Labute approximate surface area is 99.2 Å². The van der Waals surface area contributed by atoms with Crippen LogP contribution in [0.5, 0.6) is 0 Å². The Hall–Kier alpha value is -2.17. The third-order valence-electron chi connectivity index (χ3n) is 2.41. The lowest BCUT2D eigenvalue weighted by molar-refractivity contribution is 0.0935. The summed E-state index contributed by atoms with van der Waals surface area (Å²) in [6.45, 7) is 1.96. The van der Waals surface area contributed by atoms with Crippen molar-refractivity contribution < 1.29 is 4.79 Å². The highest BCUT2D eigenvalue weighted by atomic mass is 16.2. The van der Waals surface area contributed by atoms with Crippen LogP contribution in [0.1, 0.15) is 23.0 Å². The van der Waals surface area contributed by atoms with Crippen LogP contribution >= 0.6 is 0 Å². The Morgan fingerprint density at radius 1 is 1.41 bits per heavy atom. The van der Waals surface area contributed by atoms with Crippen molar-refractivity contribution in [3.63, 3.8) is 0 Å². The van der Waals surface area contributed by atoms with Gasteiger partial charge < -0.3 is 5.32 Å². The van der Waals surface area contributed by atoms with Crippen molar-refractivity contribution in [1.29, 1.82) is 0 Å². The zero-order valence-corrected chi connectivity index (χ0v) is 9.55. The van der Waals surface area contributed by atoms with E-state index >= 15 is 0 Å². The van der Waals surface area contributed by atoms with E-state index in [-0.39, 0.29) is 11.9 Å². The Bertz CT molecular complexity index is 467. The van der Waals surface area contributed by atoms with Crippen LogP contribution in [-0.2, 0) is 6.42 Å². The van der Waals surface area contributed by atoms with Crippen LogP contribution < -0.4 is 5.32 Å². The number of rotatable bonds is 4. The van der Waals surface area contributed by atoms with Crippen LogP contribution in [0.2, 0.25) is 0 Å². The minimum atomic E-state index is -0.206. The lowest BCUT2D eigenvalue weighted by Gasteiger charge is -2.12. The molecule has 1 aromatic heterocycles. The number of benzene rings is 1. The summed E-state index contributed by atoms with van der Waals surface area (Å²) >= 11 is 0. The second-order valence-corrected chi connectivity index (χ2v) is 3.92. The van der Waals surface area contributed by atoms with Gasteiger partial charge in [0, 0.05) is 6.04 Å². The van der Waals surface area contributed by atoms with Gasteiger partial charge in [0.15, 0.2) is 5.69 Å². The quantitative estimate of drug-likeness (QED) is 0.828. The van der Waals surface area contributed by atoms with Gasteiger partial charge in [-0.15, -0.1) is 0 Å². The fourth-order valence-corrected chi connectivity index (χ4v) is 1.63. The Kier molecular flexibility index (Phi) is 3.49. The summed E-state index contributed by atoms with van der Waals surface area (Å²) in [5.41, 5.74) is 1.50. The third-order valence-corrected chi connectivity index (χ3v) is 2.41. The van der Waals surface area contributed by atoms with Crippen LogP contribution in [0.25, 0.3) is 0 Å². The molecule has 0 aliphatic heterocycles. The van der Waals surface area contributed by atoms with Gasteiger partial charge in [0.05, 0.1) is 6.20 Å². The molecular weight excluding hydrogens is 216 g/mol. The Balaban J connectivity index is 1.90. The van der Waals surface area contributed by atoms with Crippen molar-refractivity contribution >= 4 is 5.91 Å². The molecule has 88 valence electrons. The number of aromatic amines is 1. The fraction of sp³-hybridized carbons (Fsp3) is 0.250. The third kappa shape index (κ3) is 3.14. The fourth-order valence-electron chi connectivity index (χ4n) is 1.63. The molecule has 1 heterocycles. The SMILES string of the molecule is CC(Cc1ccccc1)NC(=O)c1cn[nH]n1. The van der Waals surface area contributed by atoms with Crippen LogP contribution in [0.3, 0.4) is 0 Å². The van der Waals surface area contributed by atoms with E-state index in [2.05, 4.69) is 20.7 Å². The largest absolute Gasteiger partial charge is 0.348 e. The molecule has 2 rings (SSSR count). The lowest BCUT2D eigenvalue weighted by Crippen LogP contribution is -2.34. The molecule has 0 radical (unpaired) electrons. The number of amides is 1. The summed E-state index contributed by atoms with van der Waals surface area (Å²) in [7, 11) is 0. The second kappa shape index (κ2) is 5.25. The number of hydrogen-bond donors (Lipinski definition) is 2. The van der Waals surface area contributed by atoms with Crippen LogP contribution in [0.4, 0.5) is 0 Å². The standard InChI is InChI=1S/C12H14N4O/c1-9(7-10-5-3-2-4-6-10)14-12(17)11-8-13-16-15-11/h2-6,8-9H,7H2,1H3,(H,14,17)(H,13,15,16). The zero-order valence-electron chi connectivity index (χ0n) is 9.55. The molecule has 1 unspecified atom stereocenters. The number of hydrogen-bond acceptors (Lipinski definition) is 3. The van der Waals surface area contributed by atoms with Gasteiger partial charge in [-0.3, -0.25) is 4.79 Å². The molecule has 0 aliphatic carbocycles. The first kappa shape index (κ1) is 11.3. The molecule has 0 saturated carbocycles. The van der Waals surface area contributed by atoms with Crippen molar-refractivity contribution in [1.82, 2.24) is 20.7 Å². The van der Waals surface area contributed by atoms with Crippen molar-refractivity contribution in [2.24, 2.45) is 0 Å². The lowest BCUT2D eigenvalue weighted by atomic mass is 10.1. The van der Waals surface area contributed by atoms with Gasteiger partial charge in [-0.25, -0.2) is 0 Å². The van der Waals surface area contributed by atoms with Gasteiger partial charge in [0.1, 0.15) is 0 Å². The predicted molar refractivity (Wildman–Crippen MR) is 63.5 cm³/mol. The summed E-state index contributed by atoms with van der Waals surface area (Å²) in [5.74, 6) is -0.206. The maximum absolute atomic E-state index is 11.7. The monoisotopic (exact) mass is 230 g/mol. The normalized spacial score (nSPS) is 12.1. The number of nitrogens with one attached hydrogen (secondary N) is 2. The topological polar surface area (TPSA) is 70.7 Å². The summed E-state index contributed by atoms with van der Waals surface area (Å²) in [5, 5.41) is 12.6. The van der Waals surface area contributed by atoms with Crippen molar-refractivity contribution in [2.75, 3.05) is 0 Å². The van der Waals surface area contributed by atoms with Gasteiger partial charge in [0.25, 0.3) is 5.91 Å². The van der Waals surface area contributed by atoms with Crippen LogP contribution in [0, 0.1) is 0 Å². The highest BCUT2D eigenvalue weighted by Crippen LogP contribution is 2.03. The van der Waals surface area contributed by atoms with E-state index in [9.17, 15) is 4.79 Å². The number of nitrogens with zero attached hydrogens (tertiary/aromatic N) is 2. The molecule has 2 N–H and O–H groups in total. The van der Waals surface area contributed by atoms with Crippen molar-refractivity contribution in [2.45, 2.75) is 19.4 Å². The van der Waals surface area contributed by atoms with E-state index in [0.717, 1.165) is 6.42 Å². The molecule has 0 bridgehead atoms. The van der Waals surface area contributed by atoms with Crippen LogP contribution in [-0.4, -0.2) is 27.4 Å². The molecule has 1 amide bonds. The van der Waals surface area contributed by atoms with E-state index in [1.807, 2.05) is 37.3 Å². The van der Waals surface area contributed by atoms with E-state index < -0.39 is 0 Å². The average molecular weight is 230 g/mol. The minimum absolute atomic E-state index is 0.0570. The summed E-state index contributed by atoms with van der Waals surface area (Å²) < 4.78 is 0. The molecule has 2 aromatic rings. The van der Waals surface area contributed by atoms with E-state index in [0.29, 0.717) is 5.69 Å². The summed E-state index contributed by atoms with van der Waals surface area (Å²) in [4.78, 5) is 11.7. The smallest absolute Gasteiger partial charge is 0.273 e. The van der Waals surface area contributed by atoms with E-state index in [1.54, 1.807) is 0 Å². The molecule has 0 aliphatic rings. The minimum Gasteiger partial charge on any atom is -0.348 e. The Morgan fingerprint density at radius 3 is 2.82 bits per heavy atom. The number of aromatic nitrogens is 3. The molecule has 1 atom stereocenters. The molecule has 0 spiro atoms. The first-order valence-corrected chi connectivity index (χ1v) is 5.46. The molecule has 17 heavy (non-hydrogen) atoms. The second-order valence-electron chi connectivity index (χ2n) is 3.92. The molecular formula is C12H14N4O. The van der Waals surface area contributed by atoms with Gasteiger partial charge in [-0.2, -0.15) is 15.4 Å². The molecule has 5 heteroatoms. The summed E-state index contributed by atoms with van der Waals surface area (Å²) in [6.07, 6.45) is 2.20. The van der Waals surface area contributed by atoms with Gasteiger partial charge in [0.2, 0.25) is 0 Å². The van der Waals surface area contributed by atoms with E-state index in [4.69, 9.17) is 0 Å². The molecule has 0 saturated heterocycles. The maximum Gasteiger partial charge on any atom is 0.273 e. The number of H-pyrrole nitrogens is 1.